The van der Waals surface area contributed by atoms with Crippen LogP contribution in [0.25, 0.3) is 12.2 Å². The van der Waals surface area contributed by atoms with Gasteiger partial charge < -0.3 is 0 Å². The summed E-state index contributed by atoms with van der Waals surface area (Å²) in [6, 6.07) is 36.5. The molecule has 0 heterocycles. The first-order valence-electron chi connectivity index (χ1n) is 8.73. The molecular formula is C26H24Fe2. The molecule has 4 aromatic carbocycles. The summed E-state index contributed by atoms with van der Waals surface area (Å²) in [7, 11) is 0. The molecule has 144 valence electrons. The van der Waals surface area contributed by atoms with Gasteiger partial charge in [0.25, 0.3) is 0 Å². The number of hydrogen-bond acceptors (Lipinski definition) is 0. The van der Waals surface area contributed by atoms with E-state index in [1.54, 1.807) is 0 Å². The normalized spacial score (nSPS) is 9.86. The third-order valence-electron chi connectivity index (χ3n) is 3.40. The van der Waals surface area contributed by atoms with Gasteiger partial charge in [-0.3, -0.25) is 0 Å². The number of hydrogen-bond donors (Lipinski definition) is 0. The Kier molecular flexibility index (Phi) is 16.5. The van der Waals surface area contributed by atoms with Crippen LogP contribution in [0.4, 0.5) is 0 Å². The average Bonchev–Trinajstić information content (AvgIpc) is 3.48. The Balaban J connectivity index is 0.000000500. The fourth-order valence-corrected chi connectivity index (χ4v) is 2.10. The first-order chi connectivity index (χ1) is 12.9. The smallest absolute Gasteiger partial charge is 0.214 e. The molecule has 0 atom stereocenters. The van der Waals surface area contributed by atoms with Gasteiger partial charge in [0.05, 0.1) is 0 Å². The number of rotatable bonds is 4. The van der Waals surface area contributed by atoms with Crippen molar-refractivity contribution in [3.63, 3.8) is 0 Å². The molecule has 0 unspecified atom stereocenters. The summed E-state index contributed by atoms with van der Waals surface area (Å²) >= 11 is 0. The molecule has 0 nitrogen and oxygen atoms in total. The van der Waals surface area contributed by atoms with Crippen molar-refractivity contribution in [2.24, 2.45) is 0 Å². The molecule has 0 aliphatic heterocycles. The van der Waals surface area contributed by atoms with Gasteiger partial charge in [0, 0.05) is 0 Å². The Bertz CT molecular complexity index is 704. The second-order valence-corrected chi connectivity index (χ2v) is 5.46. The van der Waals surface area contributed by atoms with Crippen molar-refractivity contribution < 1.29 is 34.1 Å². The third-order valence-corrected chi connectivity index (χ3v) is 3.40. The van der Waals surface area contributed by atoms with Gasteiger partial charge >= 0.3 is 34.1 Å². The molecule has 0 spiro atoms. The van der Waals surface area contributed by atoms with Gasteiger partial charge in [0.15, 0.2) is 0 Å². The number of allylic oxidation sites excluding steroid dienone is 4. The minimum absolute atomic E-state index is 0. The maximum absolute atomic E-state index is 2.09. The Morgan fingerprint density at radius 1 is 0.429 bits per heavy atom. The van der Waals surface area contributed by atoms with E-state index >= 15 is 0 Å². The summed E-state index contributed by atoms with van der Waals surface area (Å²) in [4.78, 5) is 0. The third kappa shape index (κ3) is 12.9. The summed E-state index contributed by atoms with van der Waals surface area (Å²) < 4.78 is 0. The van der Waals surface area contributed by atoms with E-state index in [0.29, 0.717) is 0 Å². The first kappa shape index (κ1) is 25.7. The van der Waals surface area contributed by atoms with Crippen molar-refractivity contribution in [3.05, 3.63) is 145 Å². The van der Waals surface area contributed by atoms with Crippen LogP contribution >= 0.6 is 0 Å². The van der Waals surface area contributed by atoms with Crippen molar-refractivity contribution >= 4 is 12.2 Å². The SMILES string of the molecule is C(=CC=C[c-]1cccc1)C=C[c-]1cccc1.[Fe+2].[Fe+2].c1cc[cH-]c1.c1cc[cH-]c1. The van der Waals surface area contributed by atoms with Gasteiger partial charge in [0.1, 0.15) is 0 Å². The Labute approximate surface area is 190 Å². The standard InChI is InChI=1S/C16H14.2C5H5.2Fe/c1(3-9-15-11-5-6-12-15)2-4-10-16-13-7-8-14-16;2*1-2-4-5-3-1;;/h1-14H;2*1-5H;;/q-2;2*-1;2*+2. The van der Waals surface area contributed by atoms with Crippen LogP contribution in [0.2, 0.25) is 0 Å². The van der Waals surface area contributed by atoms with Crippen LogP contribution in [-0.4, -0.2) is 0 Å². The molecule has 28 heavy (non-hydrogen) atoms. The molecule has 0 bridgehead atoms. The maximum atomic E-state index is 2.09. The van der Waals surface area contributed by atoms with Crippen LogP contribution in [0, 0.1) is 0 Å². The van der Waals surface area contributed by atoms with Crippen LogP contribution in [0.3, 0.4) is 0 Å². The van der Waals surface area contributed by atoms with E-state index in [2.05, 4.69) is 36.4 Å². The van der Waals surface area contributed by atoms with E-state index < -0.39 is 0 Å². The molecule has 0 fully saturated rings. The zero-order valence-electron chi connectivity index (χ0n) is 15.6. The Morgan fingerprint density at radius 2 is 0.750 bits per heavy atom. The minimum Gasteiger partial charge on any atom is -0.214 e. The largest absolute Gasteiger partial charge is 2.00 e. The van der Waals surface area contributed by atoms with E-state index in [0.717, 1.165) is 0 Å². The molecule has 2 heteroatoms. The Hall–Kier alpha value is -2.34. The second-order valence-electron chi connectivity index (χ2n) is 5.46. The summed E-state index contributed by atoms with van der Waals surface area (Å²) in [5.41, 5.74) is 2.48. The van der Waals surface area contributed by atoms with Crippen LogP contribution < -0.4 is 0 Å². The zero-order chi connectivity index (χ0) is 18.1. The van der Waals surface area contributed by atoms with Gasteiger partial charge in [-0.15, -0.1) is 71.8 Å². The van der Waals surface area contributed by atoms with Crippen molar-refractivity contribution in [3.8, 4) is 0 Å². The molecular weight excluding hydrogens is 424 g/mol. The molecule has 0 aliphatic rings. The van der Waals surface area contributed by atoms with E-state index in [-0.39, 0.29) is 34.1 Å². The molecule has 0 N–H and O–H groups in total. The molecule has 0 radical (unpaired) electrons. The van der Waals surface area contributed by atoms with Gasteiger partial charge in [-0.05, 0) is 0 Å². The van der Waals surface area contributed by atoms with Gasteiger partial charge in [-0.25, -0.2) is 24.3 Å². The topological polar surface area (TPSA) is 0 Å². The second kappa shape index (κ2) is 18.0. The van der Waals surface area contributed by atoms with Gasteiger partial charge in [-0.2, -0.15) is 60.7 Å². The van der Waals surface area contributed by atoms with Crippen LogP contribution in [0.1, 0.15) is 11.1 Å². The summed E-state index contributed by atoms with van der Waals surface area (Å²) in [6.07, 6.45) is 12.3. The van der Waals surface area contributed by atoms with Crippen LogP contribution in [0.15, 0.2) is 133 Å². The maximum Gasteiger partial charge on any atom is 2.00 e. The van der Waals surface area contributed by atoms with Gasteiger partial charge in [-0.1, -0.05) is 0 Å². The van der Waals surface area contributed by atoms with E-state index in [4.69, 9.17) is 0 Å². The molecule has 4 rings (SSSR count). The van der Waals surface area contributed by atoms with Crippen LogP contribution in [-0.2, 0) is 34.1 Å². The van der Waals surface area contributed by atoms with Crippen LogP contribution in [0.5, 0.6) is 0 Å². The summed E-state index contributed by atoms with van der Waals surface area (Å²) in [6.45, 7) is 0. The van der Waals surface area contributed by atoms with Crippen molar-refractivity contribution in [1.82, 2.24) is 0 Å². The molecule has 0 saturated carbocycles. The first-order valence-corrected chi connectivity index (χ1v) is 8.73. The summed E-state index contributed by atoms with van der Waals surface area (Å²) in [5, 5.41) is 0. The van der Waals surface area contributed by atoms with E-state index in [9.17, 15) is 0 Å². The van der Waals surface area contributed by atoms with E-state index in [1.165, 1.54) is 11.1 Å². The minimum atomic E-state index is 0. The predicted octanol–water partition coefficient (Wildman–Crippen LogP) is 7.21. The van der Waals surface area contributed by atoms with Crippen molar-refractivity contribution in [1.29, 1.82) is 0 Å². The Morgan fingerprint density at radius 3 is 1.00 bits per heavy atom. The van der Waals surface area contributed by atoms with E-state index in [1.807, 2.05) is 109 Å². The molecule has 0 aromatic heterocycles. The molecule has 0 saturated heterocycles. The average molecular weight is 448 g/mol. The molecule has 4 aromatic rings. The molecule has 0 amide bonds. The van der Waals surface area contributed by atoms with Crippen molar-refractivity contribution in [2.45, 2.75) is 0 Å². The fraction of sp³-hybridized carbons (Fsp3) is 0. The van der Waals surface area contributed by atoms with Crippen molar-refractivity contribution in [2.75, 3.05) is 0 Å². The van der Waals surface area contributed by atoms with Gasteiger partial charge in [0.2, 0.25) is 0 Å². The quantitative estimate of drug-likeness (QED) is 0.176. The molecule has 0 aliphatic carbocycles. The predicted molar refractivity (Wildman–Crippen MR) is 115 cm³/mol. The monoisotopic (exact) mass is 448 g/mol. The zero-order valence-corrected chi connectivity index (χ0v) is 17.8. The fourth-order valence-electron chi connectivity index (χ4n) is 2.10. The summed E-state index contributed by atoms with van der Waals surface area (Å²) in [5.74, 6) is 0.